The Kier molecular flexibility index (Phi) is 4.70. The summed E-state index contributed by atoms with van der Waals surface area (Å²) < 4.78 is 12.3. The van der Waals surface area contributed by atoms with Gasteiger partial charge in [0.05, 0.1) is 30.0 Å². The van der Waals surface area contributed by atoms with Crippen molar-refractivity contribution in [3.63, 3.8) is 0 Å². The van der Waals surface area contributed by atoms with Crippen LogP contribution in [0.5, 0.6) is 0 Å². The van der Waals surface area contributed by atoms with Gasteiger partial charge in [0.15, 0.2) is 0 Å². The molecule has 0 aromatic carbocycles. The molecule has 0 unspecified atom stereocenters. The Morgan fingerprint density at radius 2 is 2.17 bits per heavy atom. The molecule has 0 spiro atoms. The molecule has 2 atom stereocenters. The monoisotopic (exact) mass is 334 g/mol. The number of aromatic nitrogens is 2. The van der Waals surface area contributed by atoms with Gasteiger partial charge in [-0.2, -0.15) is 0 Å². The van der Waals surface area contributed by atoms with Gasteiger partial charge in [-0.25, -0.2) is 9.97 Å². The second-order valence-corrected chi connectivity index (χ2v) is 6.99. The van der Waals surface area contributed by atoms with Gasteiger partial charge >= 0.3 is 0 Å². The van der Waals surface area contributed by atoms with Crippen LogP contribution < -0.4 is 5.32 Å². The third kappa shape index (κ3) is 3.33. The van der Waals surface area contributed by atoms with Crippen molar-refractivity contribution in [3.05, 3.63) is 17.8 Å². The zero-order valence-corrected chi connectivity index (χ0v) is 13.9. The van der Waals surface area contributed by atoms with E-state index in [0.717, 1.165) is 68.5 Å². The number of thiophene rings is 1. The van der Waals surface area contributed by atoms with Crippen LogP contribution in [0.1, 0.15) is 6.42 Å². The molecule has 0 radical (unpaired) electrons. The van der Waals surface area contributed by atoms with Gasteiger partial charge < -0.3 is 14.8 Å². The lowest BCUT2D eigenvalue weighted by Crippen LogP contribution is -2.50. The highest BCUT2D eigenvalue weighted by Gasteiger charge is 2.31. The Morgan fingerprint density at radius 1 is 1.26 bits per heavy atom. The number of fused-ring (bicyclic) bond motifs is 1. The minimum atomic E-state index is 0.464. The number of morpholine rings is 1. The highest BCUT2D eigenvalue weighted by Crippen LogP contribution is 2.27. The third-order valence-electron chi connectivity index (χ3n) is 4.75. The van der Waals surface area contributed by atoms with Gasteiger partial charge in [-0.1, -0.05) is 0 Å². The second kappa shape index (κ2) is 7.09. The topological polar surface area (TPSA) is 59.5 Å². The van der Waals surface area contributed by atoms with E-state index in [-0.39, 0.29) is 0 Å². The quantitative estimate of drug-likeness (QED) is 0.900. The van der Waals surface area contributed by atoms with Gasteiger partial charge in [-0.15, -0.1) is 11.3 Å². The zero-order chi connectivity index (χ0) is 15.5. The maximum absolute atomic E-state index is 5.63. The average Bonchev–Trinajstić information content (AvgIpc) is 3.28. The fourth-order valence-corrected chi connectivity index (χ4v) is 4.29. The summed E-state index contributed by atoms with van der Waals surface area (Å²) in [6.07, 6.45) is 2.78. The normalized spacial score (nSPS) is 24.1. The molecule has 0 amide bonds. The summed E-state index contributed by atoms with van der Waals surface area (Å²) in [5.74, 6) is 1.53. The van der Waals surface area contributed by atoms with Crippen molar-refractivity contribution < 1.29 is 9.47 Å². The molecule has 4 rings (SSSR count). The van der Waals surface area contributed by atoms with Crippen molar-refractivity contribution in [2.24, 2.45) is 5.92 Å². The Bertz CT molecular complexity index is 638. The molecule has 0 saturated carbocycles. The summed E-state index contributed by atoms with van der Waals surface area (Å²) in [6, 6.07) is 2.50. The first kappa shape index (κ1) is 15.3. The summed E-state index contributed by atoms with van der Waals surface area (Å²) in [6.45, 7) is 6.29. The first-order chi connectivity index (χ1) is 11.4. The van der Waals surface area contributed by atoms with E-state index in [9.17, 15) is 0 Å². The molecule has 4 heterocycles. The number of nitrogens with one attached hydrogen (secondary N) is 1. The van der Waals surface area contributed by atoms with Crippen LogP contribution in [0.2, 0.25) is 0 Å². The van der Waals surface area contributed by atoms with Crippen molar-refractivity contribution >= 4 is 27.4 Å². The summed E-state index contributed by atoms with van der Waals surface area (Å²) in [4.78, 5) is 11.3. The number of ether oxygens (including phenoxy) is 2. The van der Waals surface area contributed by atoms with Crippen LogP contribution in [-0.4, -0.2) is 67.0 Å². The predicted molar refractivity (Wildman–Crippen MR) is 91.0 cm³/mol. The maximum Gasteiger partial charge on any atom is 0.147 e. The van der Waals surface area contributed by atoms with Gasteiger partial charge in [0.25, 0.3) is 0 Å². The highest BCUT2D eigenvalue weighted by atomic mass is 32.1. The standard InChI is InChI=1S/C16H22N4O2S/c1-5-22-10-12(1)14(20-3-6-21-7-4-20)9-17-16-15-13(2-8-23-15)18-11-19-16/h2,8,11-12,14H,1,3-7,9-10H2,(H,17,18,19)/t12-,14+/m0/s1. The molecule has 0 aliphatic carbocycles. The van der Waals surface area contributed by atoms with Gasteiger partial charge in [0.2, 0.25) is 0 Å². The molecular weight excluding hydrogens is 312 g/mol. The van der Waals surface area contributed by atoms with Gasteiger partial charge in [0.1, 0.15) is 12.1 Å². The Morgan fingerprint density at radius 3 is 3.00 bits per heavy atom. The summed E-state index contributed by atoms with van der Waals surface area (Å²) in [5, 5.41) is 5.63. The van der Waals surface area contributed by atoms with E-state index in [1.807, 2.05) is 6.07 Å². The van der Waals surface area contributed by atoms with Crippen LogP contribution in [-0.2, 0) is 9.47 Å². The van der Waals surface area contributed by atoms with E-state index in [1.165, 1.54) is 0 Å². The van der Waals surface area contributed by atoms with E-state index in [4.69, 9.17) is 9.47 Å². The molecule has 7 heteroatoms. The van der Waals surface area contributed by atoms with Crippen molar-refractivity contribution in [1.29, 1.82) is 0 Å². The van der Waals surface area contributed by atoms with E-state index in [2.05, 4.69) is 25.6 Å². The summed E-state index contributed by atoms with van der Waals surface area (Å²) in [5.41, 5.74) is 1.01. The van der Waals surface area contributed by atoms with Crippen molar-refractivity contribution in [2.75, 3.05) is 51.4 Å². The van der Waals surface area contributed by atoms with Crippen LogP contribution in [0.15, 0.2) is 17.8 Å². The van der Waals surface area contributed by atoms with Crippen LogP contribution >= 0.6 is 11.3 Å². The molecule has 2 saturated heterocycles. The Hall–Kier alpha value is -1.28. The molecule has 2 fully saturated rings. The minimum Gasteiger partial charge on any atom is -0.381 e. The fraction of sp³-hybridized carbons (Fsp3) is 0.625. The van der Waals surface area contributed by atoms with E-state index in [1.54, 1.807) is 17.7 Å². The molecule has 6 nitrogen and oxygen atoms in total. The molecule has 2 aliphatic rings. The molecular formula is C16H22N4O2S. The highest BCUT2D eigenvalue weighted by molar-refractivity contribution is 7.17. The van der Waals surface area contributed by atoms with Crippen LogP contribution in [0, 0.1) is 5.92 Å². The number of anilines is 1. The predicted octanol–water partition coefficient (Wildman–Crippen LogP) is 1.84. The zero-order valence-electron chi connectivity index (χ0n) is 13.1. The SMILES string of the molecule is c1nc(NC[C@H]([C@H]2CCOC2)N2CCOCC2)c2sccc2n1. The van der Waals surface area contributed by atoms with Crippen LogP contribution in [0.25, 0.3) is 10.2 Å². The summed E-state index contributed by atoms with van der Waals surface area (Å²) >= 11 is 1.69. The molecule has 2 aromatic heterocycles. The lowest BCUT2D eigenvalue weighted by Gasteiger charge is -2.37. The fourth-order valence-electron chi connectivity index (χ4n) is 3.48. The Labute approximate surface area is 139 Å². The number of hydrogen-bond donors (Lipinski definition) is 1. The van der Waals surface area contributed by atoms with Crippen LogP contribution in [0.4, 0.5) is 5.82 Å². The third-order valence-corrected chi connectivity index (χ3v) is 5.66. The number of nitrogens with zero attached hydrogens (tertiary/aromatic N) is 3. The second-order valence-electron chi connectivity index (χ2n) is 6.08. The largest absolute Gasteiger partial charge is 0.381 e. The first-order valence-corrected chi connectivity index (χ1v) is 9.11. The van der Waals surface area contributed by atoms with Gasteiger partial charge in [-0.3, -0.25) is 4.90 Å². The molecule has 23 heavy (non-hydrogen) atoms. The maximum atomic E-state index is 5.63. The smallest absolute Gasteiger partial charge is 0.147 e. The number of rotatable bonds is 5. The van der Waals surface area contributed by atoms with Gasteiger partial charge in [0, 0.05) is 38.2 Å². The average molecular weight is 334 g/mol. The molecule has 0 bridgehead atoms. The van der Waals surface area contributed by atoms with Crippen molar-refractivity contribution in [3.8, 4) is 0 Å². The first-order valence-electron chi connectivity index (χ1n) is 8.23. The molecule has 2 aliphatic heterocycles. The lowest BCUT2D eigenvalue weighted by molar-refractivity contribution is 0.00460. The van der Waals surface area contributed by atoms with Crippen molar-refractivity contribution in [1.82, 2.24) is 14.9 Å². The minimum absolute atomic E-state index is 0.464. The Balaban J connectivity index is 1.49. The molecule has 1 N–H and O–H groups in total. The molecule has 124 valence electrons. The van der Waals surface area contributed by atoms with Crippen LogP contribution in [0.3, 0.4) is 0 Å². The lowest BCUT2D eigenvalue weighted by atomic mass is 9.97. The van der Waals surface area contributed by atoms with E-state index in [0.29, 0.717) is 12.0 Å². The van der Waals surface area contributed by atoms with E-state index < -0.39 is 0 Å². The van der Waals surface area contributed by atoms with Crippen molar-refractivity contribution in [2.45, 2.75) is 12.5 Å². The number of hydrogen-bond acceptors (Lipinski definition) is 7. The molecule has 2 aromatic rings. The summed E-state index contributed by atoms with van der Waals surface area (Å²) in [7, 11) is 0. The van der Waals surface area contributed by atoms with Gasteiger partial charge in [-0.05, 0) is 17.9 Å². The van der Waals surface area contributed by atoms with E-state index >= 15 is 0 Å².